The minimum absolute atomic E-state index is 0.0478. The summed E-state index contributed by atoms with van der Waals surface area (Å²) in [5.74, 6) is -0.856. The fourth-order valence-corrected chi connectivity index (χ4v) is 12.2. The van der Waals surface area contributed by atoms with E-state index in [4.69, 9.17) is 126 Å². The minimum Gasteiger partial charge on any atom is -0.397 e. The van der Waals surface area contributed by atoms with Crippen molar-refractivity contribution in [3.05, 3.63) is 270 Å². The molecule has 18 nitrogen and oxygen atoms in total. The zero-order valence-electron chi connectivity index (χ0n) is 47.4. The Bertz CT molecular complexity index is 4670. The number of hydrogen-bond acceptors (Lipinski definition) is 17. The molecule has 12 N–H and O–H groups in total. The largest absolute Gasteiger partial charge is 0.397 e. The Labute approximate surface area is 591 Å². The minimum atomic E-state index is -0.880. The number of nitro groups is 3. The number of aromatic nitrogens is 4. The molecule has 0 bridgehead atoms. The van der Waals surface area contributed by atoms with Gasteiger partial charge in [0.25, 0.3) is 17.1 Å². The summed E-state index contributed by atoms with van der Waals surface area (Å²) in [6.07, 6.45) is 3.65. The molecule has 0 radical (unpaired) electrons. The number of para-hydroxylation sites is 1. The number of nitro benzene ring substituents is 3. The number of anilines is 5. The molecule has 12 aromatic rings. The average molecular weight is 1500 g/mol. The zero-order valence-corrected chi connectivity index (χ0v) is 56.8. The van der Waals surface area contributed by atoms with Gasteiger partial charge in [-0.15, -0.1) is 12.6 Å². The number of nitrogens with zero attached hydrogens (tertiary/aromatic N) is 5. The predicted octanol–water partition coefficient (Wildman–Crippen LogP) is 21.4. The van der Waals surface area contributed by atoms with Crippen LogP contribution >= 0.6 is 141 Å². The van der Waals surface area contributed by atoms with E-state index in [1.54, 1.807) is 60.4 Å². The lowest BCUT2D eigenvalue weighted by atomic mass is 10.2. The number of nitrogen functional groups attached to an aromatic ring is 5. The summed E-state index contributed by atoms with van der Waals surface area (Å²) in [6.45, 7) is 0. The van der Waals surface area contributed by atoms with Crippen LogP contribution in [0.25, 0.3) is 33.5 Å². The number of nitrogens with one attached hydrogen (secondary N) is 2. The third kappa shape index (κ3) is 21.0. The molecule has 0 aliphatic rings. The summed E-state index contributed by atoms with van der Waals surface area (Å²) in [7, 11) is 0. The number of thiol groups is 1. The smallest absolute Gasteiger partial charge is 0.296 e. The van der Waals surface area contributed by atoms with Gasteiger partial charge in [-0.3, -0.25) is 30.3 Å². The zero-order chi connectivity index (χ0) is 68.5. The van der Waals surface area contributed by atoms with Crippen molar-refractivity contribution < 1.29 is 23.6 Å². The van der Waals surface area contributed by atoms with Crippen LogP contribution in [0.3, 0.4) is 0 Å². The van der Waals surface area contributed by atoms with E-state index in [9.17, 15) is 39.1 Å². The topological polar surface area (TPSA) is 317 Å². The third-order valence-corrected chi connectivity index (χ3v) is 17.4. The van der Waals surface area contributed by atoms with Gasteiger partial charge in [0.1, 0.15) is 34.1 Å². The molecule has 3 heterocycles. The van der Waals surface area contributed by atoms with Gasteiger partial charge in [0.2, 0.25) is 0 Å². The van der Waals surface area contributed by atoms with Gasteiger partial charge in [-0.1, -0.05) is 134 Å². The number of H-pyrrole nitrogens is 2. The third-order valence-electron chi connectivity index (χ3n) is 12.1. The van der Waals surface area contributed by atoms with Gasteiger partial charge >= 0.3 is 0 Å². The van der Waals surface area contributed by atoms with E-state index in [1.165, 1.54) is 35.7 Å². The molecular formula is C62H44Cl8F2N12O6S4. The molecule has 0 aliphatic carbocycles. The van der Waals surface area contributed by atoms with Gasteiger partial charge < -0.3 is 38.6 Å². The molecule has 94 heavy (non-hydrogen) atoms. The van der Waals surface area contributed by atoms with Crippen molar-refractivity contribution >= 4 is 208 Å². The number of pyridine rings is 1. The number of halogens is 10. The van der Waals surface area contributed by atoms with Crippen molar-refractivity contribution in [3.8, 4) is 11.4 Å². The molecule has 0 saturated carbocycles. The van der Waals surface area contributed by atoms with Gasteiger partial charge in [0.15, 0.2) is 11.6 Å². The van der Waals surface area contributed by atoms with E-state index < -0.39 is 49.2 Å². The fraction of sp³-hybridized carbons (Fsp3) is 0. The van der Waals surface area contributed by atoms with Crippen molar-refractivity contribution in [2.24, 2.45) is 0 Å². The number of aromatic amines is 2. The summed E-state index contributed by atoms with van der Waals surface area (Å²) in [4.78, 5) is 51.2. The number of nitrogens with two attached hydrogens (primary N) is 5. The molecule has 0 aliphatic heterocycles. The first-order valence-electron chi connectivity index (χ1n) is 26.2. The number of imidazole rings is 1. The van der Waals surface area contributed by atoms with Gasteiger partial charge in [0.05, 0.1) is 36.7 Å². The summed E-state index contributed by atoms with van der Waals surface area (Å²) in [5.41, 5.74) is 30.3. The van der Waals surface area contributed by atoms with Crippen LogP contribution in [0.15, 0.2) is 223 Å². The molecule has 0 atom stereocenters. The number of rotatable bonds is 10. The second-order valence-corrected chi connectivity index (χ2v) is 26.0. The first kappa shape index (κ1) is 73.3. The summed E-state index contributed by atoms with van der Waals surface area (Å²) >= 11 is 55.2. The van der Waals surface area contributed by atoms with E-state index in [0.29, 0.717) is 41.4 Å². The van der Waals surface area contributed by atoms with Crippen molar-refractivity contribution in [2.45, 2.75) is 34.3 Å². The van der Waals surface area contributed by atoms with Gasteiger partial charge in [-0.05, 0) is 152 Å². The molecule has 9 aromatic carbocycles. The number of hydrogen-bond donors (Lipinski definition) is 8. The Morgan fingerprint density at radius 2 is 0.894 bits per heavy atom. The molecule has 32 heteroatoms. The van der Waals surface area contributed by atoms with Crippen LogP contribution in [0.2, 0.25) is 40.2 Å². The Hall–Kier alpha value is -8.08. The van der Waals surface area contributed by atoms with E-state index in [1.807, 2.05) is 103 Å². The lowest BCUT2D eigenvalue weighted by molar-refractivity contribution is -0.384. The van der Waals surface area contributed by atoms with Crippen molar-refractivity contribution in [3.63, 3.8) is 0 Å². The van der Waals surface area contributed by atoms with Crippen LogP contribution in [0.4, 0.5) is 54.3 Å². The Balaban J connectivity index is 0.000000167. The van der Waals surface area contributed by atoms with E-state index >= 15 is 0 Å². The van der Waals surface area contributed by atoms with Crippen LogP contribution in [-0.2, 0) is 0 Å². The maximum Gasteiger partial charge on any atom is 0.296 e. The Morgan fingerprint density at radius 1 is 0.457 bits per heavy atom. The maximum absolute atomic E-state index is 12.7. The predicted molar refractivity (Wildman–Crippen MR) is 384 cm³/mol. The second-order valence-electron chi connectivity index (χ2n) is 18.6. The standard InChI is InChI=1S/C20H12Cl2N4S.C12H8Cl2N2O2S.C12H10Cl2N2S.C6H4ClFN2O2.C6H5ClS.C6H5FN2O2/c21-11-1-3-13(4-2-11)27-17-10-12(22)9-16-18(17)26-20(25-16)15-6-8-24-19-14(15)5-7-23-19;13-7-1-3-9(4-2-7)19-11-6-8(14)5-10(12(11)15)16(17)18;13-7-1-3-9(4-2-7)17-11-6-8(14)5-10(15)12(11)16;7-3-1-4(8)6(9)5(2-3)10(11)12;7-5-1-3-6(8)4-2-5;7-4-2-1-3-5(6(4)8)9(10)11/h1-10H,(H,23,24)(H,25,26);1-6H,15H2;1-6H,15-16H2;1-2H,9H2;1-4,8H;1-3H,8H2. The quantitative estimate of drug-likeness (QED) is 0.0273. The molecular weight excluding hydrogens is 1460 g/mol. The van der Waals surface area contributed by atoms with Crippen LogP contribution in [-0.4, -0.2) is 34.7 Å². The number of benzene rings is 9. The molecule has 0 spiro atoms. The van der Waals surface area contributed by atoms with Crippen molar-refractivity contribution in [1.82, 2.24) is 19.9 Å². The van der Waals surface area contributed by atoms with Crippen molar-refractivity contribution in [1.29, 1.82) is 0 Å². The Kier molecular flexibility index (Phi) is 26.8. The molecule has 0 saturated heterocycles. The molecule has 0 unspecified atom stereocenters. The molecule has 0 fully saturated rings. The SMILES string of the molecule is Clc1ccc(Sc2cc(Cl)cc3[nH]c(-c4ccnc5[nH]ccc45)nc23)cc1.Nc1c(F)cc(Cl)cc1[N+](=O)[O-].Nc1c(F)cccc1[N+](=O)[O-].Nc1c(Sc2ccc(Cl)cc2)cc(Cl)cc1[N+](=O)[O-].Nc1cc(Cl)cc(Sc2ccc(Cl)cc2)c1N.Sc1ccc(Cl)cc1. The second kappa shape index (κ2) is 34.4. The highest BCUT2D eigenvalue weighted by molar-refractivity contribution is 8.00. The summed E-state index contributed by atoms with van der Waals surface area (Å²) in [5, 5.41) is 36.5. The highest BCUT2D eigenvalue weighted by Crippen LogP contribution is 2.42. The lowest BCUT2D eigenvalue weighted by Crippen LogP contribution is -1.98. The van der Waals surface area contributed by atoms with Gasteiger partial charge in [-0.2, -0.15) is 0 Å². The number of fused-ring (bicyclic) bond motifs is 2. The Morgan fingerprint density at radius 3 is 1.39 bits per heavy atom. The summed E-state index contributed by atoms with van der Waals surface area (Å²) < 4.78 is 25.2. The first-order chi connectivity index (χ1) is 44.6. The highest BCUT2D eigenvalue weighted by atomic mass is 35.5. The van der Waals surface area contributed by atoms with Gasteiger partial charge in [-0.25, -0.2) is 18.7 Å². The molecule has 482 valence electrons. The van der Waals surface area contributed by atoms with Crippen LogP contribution in [0.5, 0.6) is 0 Å². The van der Waals surface area contributed by atoms with Crippen molar-refractivity contribution in [2.75, 3.05) is 28.7 Å². The average Bonchev–Trinajstić information content (AvgIpc) is 1.63. The van der Waals surface area contributed by atoms with Gasteiger partial charge in [0, 0.05) is 111 Å². The summed E-state index contributed by atoms with van der Waals surface area (Å²) in [6, 6.07) is 49.1. The first-order valence-corrected chi connectivity index (χ1v) is 32.1. The van der Waals surface area contributed by atoms with E-state index in [2.05, 4.69) is 27.6 Å². The van der Waals surface area contributed by atoms with E-state index in [0.717, 1.165) is 92.1 Å². The van der Waals surface area contributed by atoms with E-state index in [-0.39, 0.29) is 21.4 Å². The van der Waals surface area contributed by atoms with Crippen LogP contribution in [0, 0.1) is 42.0 Å². The normalized spacial score (nSPS) is 10.5. The highest BCUT2D eigenvalue weighted by Gasteiger charge is 2.20. The maximum atomic E-state index is 12.7. The lowest BCUT2D eigenvalue weighted by Gasteiger charge is -2.08. The van der Waals surface area contributed by atoms with Crippen LogP contribution in [0.1, 0.15) is 0 Å². The monoisotopic (exact) mass is 1500 g/mol. The van der Waals surface area contributed by atoms with Crippen LogP contribution < -0.4 is 28.7 Å². The fourth-order valence-electron chi connectivity index (χ4n) is 7.67. The molecule has 3 aromatic heterocycles. The molecule has 0 amide bonds. The molecule has 12 rings (SSSR count).